The first-order valence-corrected chi connectivity index (χ1v) is 10.3. The van der Waals surface area contributed by atoms with Crippen molar-refractivity contribution in [2.45, 2.75) is 52.2 Å². The lowest BCUT2D eigenvalue weighted by atomic mass is 10.1. The van der Waals surface area contributed by atoms with Gasteiger partial charge in [0.05, 0.1) is 13.5 Å². The molecule has 1 atom stereocenters. The van der Waals surface area contributed by atoms with Crippen LogP contribution in [0.25, 0.3) is 0 Å². The van der Waals surface area contributed by atoms with E-state index in [1.54, 1.807) is 19.2 Å². The summed E-state index contributed by atoms with van der Waals surface area (Å²) in [6.07, 6.45) is 0.181. The highest BCUT2D eigenvalue weighted by atomic mass is 35.5. The zero-order valence-electron chi connectivity index (χ0n) is 17.7. The Morgan fingerprint density at radius 1 is 1.20 bits per heavy atom. The second-order valence-electron chi connectivity index (χ2n) is 7.34. The van der Waals surface area contributed by atoms with Gasteiger partial charge in [0.2, 0.25) is 11.8 Å². The second-order valence-corrected chi connectivity index (χ2v) is 7.74. The Morgan fingerprint density at radius 3 is 2.50 bits per heavy atom. The van der Waals surface area contributed by atoms with Crippen molar-refractivity contribution in [1.29, 1.82) is 0 Å². The van der Waals surface area contributed by atoms with E-state index < -0.39 is 11.9 Å². The Morgan fingerprint density at radius 2 is 1.90 bits per heavy atom. The van der Waals surface area contributed by atoms with E-state index in [2.05, 4.69) is 5.32 Å². The monoisotopic (exact) mass is 434 g/mol. The minimum absolute atomic E-state index is 0.0682. The summed E-state index contributed by atoms with van der Waals surface area (Å²) >= 11 is 6.12. The van der Waals surface area contributed by atoms with Crippen molar-refractivity contribution in [1.82, 2.24) is 10.2 Å². The van der Waals surface area contributed by atoms with Gasteiger partial charge in [0.25, 0.3) is 0 Å². The Bertz CT molecular complexity index is 868. The first-order chi connectivity index (χ1) is 14.3. The first-order valence-electron chi connectivity index (χ1n) is 9.92. The van der Waals surface area contributed by atoms with Gasteiger partial charge in [-0.3, -0.25) is 9.59 Å². The van der Waals surface area contributed by atoms with Gasteiger partial charge in [0.15, 0.2) is 0 Å². The minimum atomic E-state index is -0.698. The highest BCUT2D eigenvalue weighted by Crippen LogP contribution is 2.23. The third-order valence-electron chi connectivity index (χ3n) is 4.69. The molecule has 0 radical (unpaired) electrons. The van der Waals surface area contributed by atoms with E-state index in [9.17, 15) is 14.0 Å². The molecule has 2 rings (SSSR count). The highest BCUT2D eigenvalue weighted by molar-refractivity contribution is 6.31. The van der Waals surface area contributed by atoms with Crippen LogP contribution in [-0.2, 0) is 22.6 Å². The lowest BCUT2D eigenvalue weighted by Crippen LogP contribution is -2.50. The van der Waals surface area contributed by atoms with Crippen LogP contribution in [0.2, 0.25) is 5.02 Å². The maximum atomic E-state index is 14.3. The highest BCUT2D eigenvalue weighted by Gasteiger charge is 2.30. The Balaban J connectivity index is 2.37. The van der Waals surface area contributed by atoms with Crippen LogP contribution >= 0.6 is 11.6 Å². The molecule has 5 nitrogen and oxygen atoms in total. The number of carbonyl (C=O) groups is 2. The van der Waals surface area contributed by atoms with Gasteiger partial charge in [-0.25, -0.2) is 4.39 Å². The number of hydrogen-bond donors (Lipinski definition) is 1. The number of nitrogens with one attached hydrogen (secondary N) is 1. The molecule has 7 heteroatoms. The predicted octanol–water partition coefficient (Wildman–Crippen LogP) is 4.36. The Kier molecular flexibility index (Phi) is 8.66. The fourth-order valence-corrected chi connectivity index (χ4v) is 3.45. The zero-order chi connectivity index (χ0) is 22.3. The van der Waals surface area contributed by atoms with E-state index >= 15 is 0 Å². The molecule has 2 amide bonds. The Labute approximate surface area is 182 Å². The van der Waals surface area contributed by atoms with E-state index in [1.807, 2.05) is 39.0 Å². The molecule has 162 valence electrons. The van der Waals surface area contributed by atoms with Crippen molar-refractivity contribution in [3.05, 3.63) is 64.4 Å². The number of hydrogen-bond acceptors (Lipinski definition) is 3. The SMILES string of the molecule is CC[C@H](C(=O)NC(C)C)N(Cc1cccc(OC)c1)C(=O)Cc1c(F)cccc1Cl. The molecule has 0 spiro atoms. The topological polar surface area (TPSA) is 58.6 Å². The number of methoxy groups -OCH3 is 1. The number of ether oxygens (including phenoxy) is 1. The number of amides is 2. The average Bonchev–Trinajstić information content (AvgIpc) is 2.70. The number of benzene rings is 2. The predicted molar refractivity (Wildman–Crippen MR) is 116 cm³/mol. The van der Waals surface area contributed by atoms with Gasteiger partial charge in [-0.1, -0.05) is 36.7 Å². The van der Waals surface area contributed by atoms with Crippen LogP contribution < -0.4 is 10.1 Å². The van der Waals surface area contributed by atoms with E-state index in [0.29, 0.717) is 12.2 Å². The lowest BCUT2D eigenvalue weighted by Gasteiger charge is -2.31. The largest absolute Gasteiger partial charge is 0.497 e. The average molecular weight is 435 g/mol. The van der Waals surface area contributed by atoms with Gasteiger partial charge in [-0.15, -0.1) is 0 Å². The van der Waals surface area contributed by atoms with Gasteiger partial charge >= 0.3 is 0 Å². The molecule has 2 aromatic rings. The molecule has 0 heterocycles. The number of halogens is 2. The standard InChI is InChI=1S/C23H28ClFN2O3/c1-5-21(23(29)26-15(2)3)27(14-16-8-6-9-17(12-16)30-4)22(28)13-18-19(24)10-7-11-20(18)25/h6-12,15,21H,5,13-14H2,1-4H3,(H,26,29)/t21-/m1/s1. The van der Waals surface area contributed by atoms with Crippen LogP contribution in [0.15, 0.2) is 42.5 Å². The molecule has 0 saturated carbocycles. The van der Waals surface area contributed by atoms with Crippen LogP contribution in [0.5, 0.6) is 5.75 Å². The van der Waals surface area contributed by atoms with Crippen molar-refractivity contribution >= 4 is 23.4 Å². The van der Waals surface area contributed by atoms with Crippen LogP contribution in [0.1, 0.15) is 38.3 Å². The van der Waals surface area contributed by atoms with Crippen molar-refractivity contribution in [3.63, 3.8) is 0 Å². The summed E-state index contributed by atoms with van der Waals surface area (Å²) in [5.74, 6) is -0.521. The zero-order valence-corrected chi connectivity index (χ0v) is 18.5. The van der Waals surface area contributed by atoms with Gasteiger partial charge in [-0.05, 0) is 50.1 Å². The fraction of sp³-hybridized carbons (Fsp3) is 0.391. The molecule has 0 aliphatic carbocycles. The van der Waals surface area contributed by atoms with E-state index in [0.717, 1.165) is 5.56 Å². The number of nitrogens with zero attached hydrogens (tertiary/aromatic N) is 1. The lowest BCUT2D eigenvalue weighted by molar-refractivity contribution is -0.141. The van der Waals surface area contributed by atoms with Gasteiger partial charge in [-0.2, -0.15) is 0 Å². The molecule has 0 bridgehead atoms. The first kappa shape index (κ1) is 23.7. The van der Waals surface area contributed by atoms with E-state index in [1.165, 1.54) is 17.0 Å². The van der Waals surface area contributed by atoms with Gasteiger partial charge in [0, 0.05) is 23.2 Å². The second kappa shape index (κ2) is 11.0. The van der Waals surface area contributed by atoms with Crippen molar-refractivity contribution < 1.29 is 18.7 Å². The normalized spacial score (nSPS) is 11.8. The summed E-state index contributed by atoms with van der Waals surface area (Å²) in [5.41, 5.74) is 0.928. The molecular weight excluding hydrogens is 407 g/mol. The molecule has 0 aliphatic heterocycles. The minimum Gasteiger partial charge on any atom is -0.497 e. The maximum Gasteiger partial charge on any atom is 0.243 e. The smallest absolute Gasteiger partial charge is 0.243 e. The molecule has 0 aromatic heterocycles. The van der Waals surface area contributed by atoms with Crippen molar-refractivity contribution in [2.75, 3.05) is 7.11 Å². The van der Waals surface area contributed by atoms with Gasteiger partial charge in [0.1, 0.15) is 17.6 Å². The molecular formula is C23H28ClFN2O3. The summed E-state index contributed by atoms with van der Waals surface area (Å²) < 4.78 is 19.5. The summed E-state index contributed by atoms with van der Waals surface area (Å²) in [6, 6.07) is 10.8. The van der Waals surface area contributed by atoms with E-state index in [4.69, 9.17) is 16.3 Å². The number of carbonyl (C=O) groups excluding carboxylic acids is 2. The third-order valence-corrected chi connectivity index (χ3v) is 5.05. The van der Waals surface area contributed by atoms with Crippen LogP contribution in [0.3, 0.4) is 0 Å². The summed E-state index contributed by atoms with van der Waals surface area (Å²) in [5, 5.41) is 3.05. The van der Waals surface area contributed by atoms with Crippen LogP contribution in [-0.4, -0.2) is 35.9 Å². The quantitative estimate of drug-likeness (QED) is 0.637. The maximum absolute atomic E-state index is 14.3. The molecule has 0 fully saturated rings. The molecule has 0 saturated heterocycles. The van der Waals surface area contributed by atoms with Crippen LogP contribution in [0.4, 0.5) is 4.39 Å². The van der Waals surface area contributed by atoms with Crippen molar-refractivity contribution in [3.8, 4) is 5.75 Å². The number of rotatable bonds is 9. The van der Waals surface area contributed by atoms with Crippen molar-refractivity contribution in [2.24, 2.45) is 0 Å². The molecule has 0 aliphatic rings. The van der Waals surface area contributed by atoms with Crippen LogP contribution in [0, 0.1) is 5.82 Å². The molecule has 0 unspecified atom stereocenters. The summed E-state index contributed by atoms with van der Waals surface area (Å²) in [4.78, 5) is 27.5. The third kappa shape index (κ3) is 6.20. The molecule has 2 aromatic carbocycles. The molecule has 1 N–H and O–H groups in total. The molecule has 30 heavy (non-hydrogen) atoms. The summed E-state index contributed by atoms with van der Waals surface area (Å²) in [6.45, 7) is 5.74. The summed E-state index contributed by atoms with van der Waals surface area (Å²) in [7, 11) is 1.56. The Hall–Kier alpha value is -2.60. The van der Waals surface area contributed by atoms with E-state index in [-0.39, 0.29) is 41.4 Å². The van der Waals surface area contributed by atoms with Gasteiger partial charge < -0.3 is 15.0 Å². The fourth-order valence-electron chi connectivity index (χ4n) is 3.22.